The van der Waals surface area contributed by atoms with Crippen LogP contribution in [0.15, 0.2) is 46.9 Å². The first-order chi connectivity index (χ1) is 12.5. The fourth-order valence-electron chi connectivity index (χ4n) is 3.24. The minimum atomic E-state index is 0.0693. The molecule has 1 heterocycles. The van der Waals surface area contributed by atoms with Crippen LogP contribution in [-0.2, 0) is 17.9 Å². The van der Waals surface area contributed by atoms with Crippen LogP contribution in [0, 0.1) is 5.92 Å². The summed E-state index contributed by atoms with van der Waals surface area (Å²) in [6.45, 7) is 3.24. The smallest absolute Gasteiger partial charge is 0.223 e. The predicted molar refractivity (Wildman–Crippen MR) is 110 cm³/mol. The Morgan fingerprint density at radius 1 is 1.15 bits per heavy atom. The van der Waals surface area contributed by atoms with Gasteiger partial charge in [-0.1, -0.05) is 57.3 Å². The first kappa shape index (κ1) is 19.7. The standard InChI is InChI=1S/C20H21BrCl2N2O/c21-17-3-1-2-14(10-17)13-25-8-6-15(7-9-25)20(26)24-12-16-4-5-18(22)11-19(16)23/h1-5,10-11,15H,6-9,12-13H2,(H,24,26). The van der Waals surface area contributed by atoms with E-state index in [0.29, 0.717) is 16.6 Å². The summed E-state index contributed by atoms with van der Waals surface area (Å²) >= 11 is 15.6. The number of hydrogen-bond donors (Lipinski definition) is 1. The molecule has 2 aromatic carbocycles. The topological polar surface area (TPSA) is 32.3 Å². The maximum atomic E-state index is 12.5. The number of amides is 1. The van der Waals surface area contributed by atoms with Gasteiger partial charge in [0.15, 0.2) is 0 Å². The molecule has 0 aromatic heterocycles. The molecule has 6 heteroatoms. The molecule has 2 aromatic rings. The first-order valence-electron chi connectivity index (χ1n) is 8.69. The third-order valence-electron chi connectivity index (χ3n) is 4.72. The maximum Gasteiger partial charge on any atom is 0.223 e. The molecular weight excluding hydrogens is 435 g/mol. The quantitative estimate of drug-likeness (QED) is 0.664. The highest BCUT2D eigenvalue weighted by molar-refractivity contribution is 9.10. The first-order valence-corrected chi connectivity index (χ1v) is 10.2. The molecule has 0 radical (unpaired) electrons. The van der Waals surface area contributed by atoms with E-state index in [2.05, 4.69) is 44.3 Å². The minimum Gasteiger partial charge on any atom is -0.352 e. The zero-order valence-electron chi connectivity index (χ0n) is 14.4. The molecule has 1 aliphatic heterocycles. The lowest BCUT2D eigenvalue weighted by Crippen LogP contribution is -2.40. The lowest BCUT2D eigenvalue weighted by atomic mass is 9.95. The van der Waals surface area contributed by atoms with Crippen molar-refractivity contribution >= 4 is 45.0 Å². The molecule has 0 saturated carbocycles. The van der Waals surface area contributed by atoms with Crippen LogP contribution < -0.4 is 5.32 Å². The van der Waals surface area contributed by atoms with Gasteiger partial charge in [0.05, 0.1) is 0 Å². The van der Waals surface area contributed by atoms with Gasteiger partial charge in [0.1, 0.15) is 0 Å². The van der Waals surface area contributed by atoms with Crippen molar-refractivity contribution in [3.05, 3.63) is 68.1 Å². The Hall–Kier alpha value is -1.07. The Labute approximate surface area is 172 Å². The van der Waals surface area contributed by atoms with E-state index in [1.807, 2.05) is 12.1 Å². The highest BCUT2D eigenvalue weighted by Crippen LogP contribution is 2.23. The van der Waals surface area contributed by atoms with Crippen molar-refractivity contribution in [1.29, 1.82) is 0 Å². The van der Waals surface area contributed by atoms with E-state index in [1.54, 1.807) is 12.1 Å². The van der Waals surface area contributed by atoms with Crippen LogP contribution in [0.1, 0.15) is 24.0 Å². The van der Waals surface area contributed by atoms with E-state index in [-0.39, 0.29) is 11.8 Å². The Morgan fingerprint density at radius 2 is 1.92 bits per heavy atom. The number of rotatable bonds is 5. The Morgan fingerprint density at radius 3 is 2.62 bits per heavy atom. The molecule has 0 atom stereocenters. The number of likely N-dealkylation sites (tertiary alicyclic amines) is 1. The van der Waals surface area contributed by atoms with Crippen LogP contribution in [0.25, 0.3) is 0 Å². The van der Waals surface area contributed by atoms with E-state index in [1.165, 1.54) is 5.56 Å². The lowest BCUT2D eigenvalue weighted by molar-refractivity contribution is -0.126. The predicted octanol–water partition coefficient (Wildman–Crippen LogP) is 5.28. The molecule has 0 aliphatic carbocycles. The van der Waals surface area contributed by atoms with Gasteiger partial charge in [0.2, 0.25) is 5.91 Å². The third kappa shape index (κ3) is 5.46. The summed E-state index contributed by atoms with van der Waals surface area (Å²) in [4.78, 5) is 14.9. The molecule has 1 N–H and O–H groups in total. The fraction of sp³-hybridized carbons (Fsp3) is 0.350. The minimum absolute atomic E-state index is 0.0693. The van der Waals surface area contributed by atoms with Gasteiger partial charge >= 0.3 is 0 Å². The van der Waals surface area contributed by atoms with Crippen molar-refractivity contribution in [2.24, 2.45) is 5.92 Å². The second-order valence-corrected chi connectivity index (χ2v) is 8.39. The van der Waals surface area contributed by atoms with Gasteiger partial charge in [0.25, 0.3) is 0 Å². The van der Waals surface area contributed by atoms with E-state index in [0.717, 1.165) is 42.5 Å². The summed E-state index contributed by atoms with van der Waals surface area (Å²) < 4.78 is 1.10. The lowest BCUT2D eigenvalue weighted by Gasteiger charge is -2.31. The van der Waals surface area contributed by atoms with Crippen molar-refractivity contribution in [2.75, 3.05) is 13.1 Å². The molecular formula is C20H21BrCl2N2O. The van der Waals surface area contributed by atoms with Crippen molar-refractivity contribution in [3.8, 4) is 0 Å². The maximum absolute atomic E-state index is 12.5. The van der Waals surface area contributed by atoms with Crippen LogP contribution in [-0.4, -0.2) is 23.9 Å². The van der Waals surface area contributed by atoms with Gasteiger partial charge in [-0.3, -0.25) is 9.69 Å². The van der Waals surface area contributed by atoms with Gasteiger partial charge in [-0.05, 0) is 61.3 Å². The van der Waals surface area contributed by atoms with Crippen molar-refractivity contribution in [2.45, 2.75) is 25.9 Å². The van der Waals surface area contributed by atoms with Crippen LogP contribution in [0.2, 0.25) is 10.0 Å². The molecule has 0 spiro atoms. The summed E-state index contributed by atoms with van der Waals surface area (Å²) in [5.41, 5.74) is 2.18. The molecule has 138 valence electrons. The van der Waals surface area contributed by atoms with E-state index >= 15 is 0 Å². The van der Waals surface area contributed by atoms with E-state index < -0.39 is 0 Å². The number of hydrogen-bond acceptors (Lipinski definition) is 2. The zero-order chi connectivity index (χ0) is 18.5. The normalized spacial score (nSPS) is 15.8. The highest BCUT2D eigenvalue weighted by Gasteiger charge is 2.24. The summed E-state index contributed by atoms with van der Waals surface area (Å²) in [6.07, 6.45) is 1.77. The molecule has 1 aliphatic rings. The molecule has 0 bridgehead atoms. The van der Waals surface area contributed by atoms with Gasteiger partial charge in [-0.25, -0.2) is 0 Å². The SMILES string of the molecule is O=C(NCc1ccc(Cl)cc1Cl)C1CCN(Cc2cccc(Br)c2)CC1. The molecule has 26 heavy (non-hydrogen) atoms. The van der Waals surface area contributed by atoms with Crippen LogP contribution in [0.5, 0.6) is 0 Å². The third-order valence-corrected chi connectivity index (χ3v) is 5.80. The summed E-state index contributed by atoms with van der Waals surface area (Å²) in [5.74, 6) is 0.179. The number of carbonyl (C=O) groups is 1. The number of piperidine rings is 1. The van der Waals surface area contributed by atoms with Gasteiger partial charge in [-0.15, -0.1) is 0 Å². The highest BCUT2D eigenvalue weighted by atomic mass is 79.9. The largest absolute Gasteiger partial charge is 0.352 e. The van der Waals surface area contributed by atoms with Crippen LogP contribution in [0.4, 0.5) is 0 Å². The fourth-order valence-corrected chi connectivity index (χ4v) is 4.16. The van der Waals surface area contributed by atoms with Gasteiger partial charge in [-0.2, -0.15) is 0 Å². The van der Waals surface area contributed by atoms with Gasteiger partial charge < -0.3 is 5.32 Å². The monoisotopic (exact) mass is 454 g/mol. The number of benzene rings is 2. The molecule has 1 amide bonds. The van der Waals surface area contributed by atoms with Crippen LogP contribution in [0.3, 0.4) is 0 Å². The van der Waals surface area contributed by atoms with Crippen molar-refractivity contribution in [3.63, 3.8) is 0 Å². The number of halogens is 3. The Kier molecular flexibility index (Phi) is 6.98. The summed E-state index contributed by atoms with van der Waals surface area (Å²) in [7, 11) is 0. The summed E-state index contributed by atoms with van der Waals surface area (Å²) in [5, 5.41) is 4.19. The molecule has 1 saturated heterocycles. The van der Waals surface area contributed by atoms with Crippen molar-refractivity contribution in [1.82, 2.24) is 10.2 Å². The Balaban J connectivity index is 1.46. The summed E-state index contributed by atoms with van der Waals surface area (Å²) in [6, 6.07) is 13.7. The molecule has 3 rings (SSSR count). The average Bonchev–Trinajstić information content (AvgIpc) is 2.61. The van der Waals surface area contributed by atoms with Crippen molar-refractivity contribution < 1.29 is 4.79 Å². The number of carbonyl (C=O) groups excluding carboxylic acids is 1. The molecule has 0 unspecified atom stereocenters. The Bertz CT molecular complexity index is 776. The second-order valence-electron chi connectivity index (χ2n) is 6.63. The average molecular weight is 456 g/mol. The second kappa shape index (κ2) is 9.23. The van der Waals surface area contributed by atoms with E-state index in [4.69, 9.17) is 23.2 Å². The van der Waals surface area contributed by atoms with E-state index in [9.17, 15) is 4.79 Å². The van der Waals surface area contributed by atoms with Crippen LogP contribution >= 0.6 is 39.1 Å². The zero-order valence-corrected chi connectivity index (χ0v) is 17.4. The molecule has 3 nitrogen and oxygen atoms in total. The number of nitrogens with zero attached hydrogens (tertiary/aromatic N) is 1. The molecule has 1 fully saturated rings. The number of nitrogens with one attached hydrogen (secondary N) is 1. The van der Waals surface area contributed by atoms with Gasteiger partial charge in [0, 0.05) is 33.5 Å².